The van der Waals surface area contributed by atoms with Crippen molar-refractivity contribution in [2.24, 2.45) is 0 Å². The molecule has 7 heteroatoms. The number of benzene rings is 1. The molecule has 0 atom stereocenters. The maximum atomic E-state index is 12.4. The standard InChI is InChI=1S/C18H23N3O4/c1-18(2,3)25-17(24)20-10-8-19(9-11-20)12-21-15(22)13-6-4-5-7-14(13)16(21)23/h4-7H,8-12H2,1-3H3. The summed E-state index contributed by atoms with van der Waals surface area (Å²) in [5, 5.41) is 0. The van der Waals surface area contributed by atoms with E-state index in [-0.39, 0.29) is 24.6 Å². The van der Waals surface area contributed by atoms with Crippen LogP contribution in [0.4, 0.5) is 4.79 Å². The van der Waals surface area contributed by atoms with Crippen molar-refractivity contribution in [1.82, 2.24) is 14.7 Å². The zero-order chi connectivity index (χ0) is 18.2. The Morgan fingerprint density at radius 3 is 2.00 bits per heavy atom. The quantitative estimate of drug-likeness (QED) is 0.765. The van der Waals surface area contributed by atoms with Gasteiger partial charge < -0.3 is 9.64 Å². The Balaban J connectivity index is 1.56. The molecule has 0 spiro atoms. The molecule has 2 heterocycles. The first-order valence-corrected chi connectivity index (χ1v) is 8.42. The van der Waals surface area contributed by atoms with Crippen molar-refractivity contribution >= 4 is 17.9 Å². The number of rotatable bonds is 2. The van der Waals surface area contributed by atoms with Gasteiger partial charge in [-0.25, -0.2) is 4.79 Å². The minimum Gasteiger partial charge on any atom is -0.444 e. The second-order valence-electron chi connectivity index (χ2n) is 7.31. The molecule has 1 aromatic rings. The highest BCUT2D eigenvalue weighted by molar-refractivity contribution is 6.21. The largest absolute Gasteiger partial charge is 0.444 e. The lowest BCUT2D eigenvalue weighted by molar-refractivity contribution is 0.00900. The fraction of sp³-hybridized carbons (Fsp3) is 0.500. The van der Waals surface area contributed by atoms with Crippen molar-refractivity contribution in [2.75, 3.05) is 32.8 Å². The molecule has 3 amide bonds. The fourth-order valence-electron chi connectivity index (χ4n) is 2.97. The van der Waals surface area contributed by atoms with Gasteiger partial charge in [-0.2, -0.15) is 0 Å². The lowest BCUT2D eigenvalue weighted by Crippen LogP contribution is -2.53. The second-order valence-corrected chi connectivity index (χ2v) is 7.31. The van der Waals surface area contributed by atoms with Crippen LogP contribution in [0.5, 0.6) is 0 Å². The van der Waals surface area contributed by atoms with E-state index < -0.39 is 5.60 Å². The van der Waals surface area contributed by atoms with Gasteiger partial charge in [0.05, 0.1) is 17.8 Å². The minimum absolute atomic E-state index is 0.245. The van der Waals surface area contributed by atoms with E-state index in [9.17, 15) is 14.4 Å². The number of hydrogen-bond donors (Lipinski definition) is 0. The summed E-state index contributed by atoms with van der Waals surface area (Å²) >= 11 is 0. The Hall–Kier alpha value is -2.41. The molecule has 0 aliphatic carbocycles. The Morgan fingerprint density at radius 1 is 1.00 bits per heavy atom. The maximum Gasteiger partial charge on any atom is 0.410 e. The van der Waals surface area contributed by atoms with E-state index in [0.29, 0.717) is 37.3 Å². The summed E-state index contributed by atoms with van der Waals surface area (Å²) in [6, 6.07) is 6.87. The first-order valence-electron chi connectivity index (χ1n) is 8.42. The Kier molecular flexibility index (Phi) is 4.51. The van der Waals surface area contributed by atoms with Crippen molar-refractivity contribution in [1.29, 1.82) is 0 Å². The van der Waals surface area contributed by atoms with Crippen LogP contribution in [0.15, 0.2) is 24.3 Å². The molecular formula is C18H23N3O4. The first-order chi connectivity index (χ1) is 11.8. The zero-order valence-electron chi connectivity index (χ0n) is 14.8. The molecule has 7 nitrogen and oxygen atoms in total. The molecule has 0 N–H and O–H groups in total. The van der Waals surface area contributed by atoms with E-state index in [0.717, 1.165) is 0 Å². The summed E-state index contributed by atoms with van der Waals surface area (Å²) in [4.78, 5) is 41.8. The van der Waals surface area contributed by atoms with Gasteiger partial charge in [-0.1, -0.05) is 12.1 Å². The number of amides is 3. The van der Waals surface area contributed by atoms with Crippen molar-refractivity contribution < 1.29 is 19.1 Å². The van der Waals surface area contributed by atoms with Crippen molar-refractivity contribution in [3.63, 3.8) is 0 Å². The highest BCUT2D eigenvalue weighted by atomic mass is 16.6. The van der Waals surface area contributed by atoms with E-state index in [1.54, 1.807) is 29.2 Å². The van der Waals surface area contributed by atoms with Gasteiger partial charge in [0.25, 0.3) is 11.8 Å². The molecular weight excluding hydrogens is 322 g/mol. The van der Waals surface area contributed by atoms with Gasteiger partial charge in [-0.3, -0.25) is 19.4 Å². The molecule has 0 unspecified atom stereocenters. The monoisotopic (exact) mass is 345 g/mol. The first kappa shape index (κ1) is 17.4. The predicted octanol–water partition coefficient (Wildman–Crippen LogP) is 1.79. The molecule has 1 saturated heterocycles. The molecule has 25 heavy (non-hydrogen) atoms. The van der Waals surface area contributed by atoms with Gasteiger partial charge in [0.15, 0.2) is 0 Å². The number of fused-ring (bicyclic) bond motifs is 1. The molecule has 2 aliphatic rings. The highest BCUT2D eigenvalue weighted by Crippen LogP contribution is 2.23. The molecule has 3 rings (SSSR count). The van der Waals surface area contributed by atoms with Crippen molar-refractivity contribution in [3.05, 3.63) is 35.4 Å². The number of carbonyl (C=O) groups excluding carboxylic acids is 3. The maximum absolute atomic E-state index is 12.4. The van der Waals surface area contributed by atoms with Crippen LogP contribution in [-0.2, 0) is 4.74 Å². The minimum atomic E-state index is -0.519. The summed E-state index contributed by atoms with van der Waals surface area (Å²) in [7, 11) is 0. The van der Waals surface area contributed by atoms with E-state index in [2.05, 4.69) is 0 Å². The van der Waals surface area contributed by atoms with Crippen LogP contribution in [0, 0.1) is 0 Å². The van der Waals surface area contributed by atoms with Crippen LogP contribution < -0.4 is 0 Å². The molecule has 0 bridgehead atoms. The van der Waals surface area contributed by atoms with E-state index in [1.807, 2.05) is 25.7 Å². The molecule has 0 aromatic heterocycles. The molecule has 0 radical (unpaired) electrons. The van der Waals surface area contributed by atoms with Gasteiger partial charge in [-0.05, 0) is 32.9 Å². The van der Waals surface area contributed by atoms with Crippen LogP contribution >= 0.6 is 0 Å². The van der Waals surface area contributed by atoms with Crippen LogP contribution in [0.25, 0.3) is 0 Å². The number of carbonyl (C=O) groups is 3. The van der Waals surface area contributed by atoms with Gasteiger partial charge in [0, 0.05) is 26.2 Å². The Labute approximate surface area is 147 Å². The zero-order valence-corrected chi connectivity index (χ0v) is 14.8. The Morgan fingerprint density at radius 2 is 1.52 bits per heavy atom. The number of piperazine rings is 1. The normalized spacial score (nSPS) is 18.5. The van der Waals surface area contributed by atoms with Crippen LogP contribution in [0.1, 0.15) is 41.5 Å². The second kappa shape index (κ2) is 6.48. The topological polar surface area (TPSA) is 70.2 Å². The lowest BCUT2D eigenvalue weighted by Gasteiger charge is -2.36. The molecule has 2 aliphatic heterocycles. The molecule has 1 aromatic carbocycles. The summed E-state index contributed by atoms with van der Waals surface area (Å²) in [5.74, 6) is -0.509. The third-order valence-electron chi connectivity index (χ3n) is 4.24. The number of ether oxygens (including phenoxy) is 1. The van der Waals surface area contributed by atoms with E-state index in [1.165, 1.54) is 4.90 Å². The number of imide groups is 1. The average Bonchev–Trinajstić information content (AvgIpc) is 2.79. The average molecular weight is 345 g/mol. The third-order valence-corrected chi connectivity index (χ3v) is 4.24. The summed E-state index contributed by atoms with van der Waals surface area (Å²) in [6.45, 7) is 7.96. The van der Waals surface area contributed by atoms with E-state index >= 15 is 0 Å². The Bertz CT molecular complexity index is 668. The van der Waals surface area contributed by atoms with Gasteiger partial charge in [0.2, 0.25) is 0 Å². The smallest absolute Gasteiger partial charge is 0.410 e. The third kappa shape index (κ3) is 3.66. The molecule has 0 saturated carbocycles. The van der Waals surface area contributed by atoms with Gasteiger partial charge in [0.1, 0.15) is 5.60 Å². The van der Waals surface area contributed by atoms with Crippen molar-refractivity contribution in [2.45, 2.75) is 26.4 Å². The number of nitrogens with zero attached hydrogens (tertiary/aromatic N) is 3. The van der Waals surface area contributed by atoms with E-state index in [4.69, 9.17) is 4.74 Å². The summed E-state index contributed by atoms with van der Waals surface area (Å²) < 4.78 is 5.37. The molecule has 1 fully saturated rings. The number of hydrogen-bond acceptors (Lipinski definition) is 5. The fourth-order valence-corrected chi connectivity index (χ4v) is 2.97. The van der Waals surface area contributed by atoms with Crippen LogP contribution in [0.2, 0.25) is 0 Å². The molecule has 134 valence electrons. The van der Waals surface area contributed by atoms with Gasteiger partial charge in [-0.15, -0.1) is 0 Å². The van der Waals surface area contributed by atoms with Crippen LogP contribution in [-0.4, -0.2) is 71.1 Å². The highest BCUT2D eigenvalue weighted by Gasteiger charge is 2.36. The predicted molar refractivity (Wildman–Crippen MR) is 91.2 cm³/mol. The SMILES string of the molecule is CC(C)(C)OC(=O)N1CCN(CN2C(=O)c3ccccc3C2=O)CC1. The van der Waals surface area contributed by atoms with Crippen molar-refractivity contribution in [3.8, 4) is 0 Å². The summed E-state index contributed by atoms with van der Waals surface area (Å²) in [5.41, 5.74) is 0.397. The van der Waals surface area contributed by atoms with Crippen LogP contribution in [0.3, 0.4) is 0 Å². The van der Waals surface area contributed by atoms with Gasteiger partial charge >= 0.3 is 6.09 Å². The summed E-state index contributed by atoms with van der Waals surface area (Å²) in [6.07, 6.45) is -0.326. The lowest BCUT2D eigenvalue weighted by atomic mass is 10.1.